The van der Waals surface area contributed by atoms with Crippen LogP contribution in [0.3, 0.4) is 0 Å². The van der Waals surface area contributed by atoms with Crippen LogP contribution in [0.25, 0.3) is 5.95 Å². The number of carbonyl (C=O) groups excluding carboxylic acids is 1. The SMILES string of the molecule is O=C(Nc1cnc(-n2ccnc2)nc1)c1cccc(OC(F)(F)F)c1. The molecule has 0 unspecified atom stereocenters. The Balaban J connectivity index is 1.71. The number of benzene rings is 1. The topological polar surface area (TPSA) is 81.9 Å². The lowest BCUT2D eigenvalue weighted by Gasteiger charge is -2.10. The minimum absolute atomic E-state index is 0.000404. The number of halogens is 3. The molecule has 0 aliphatic carbocycles. The molecule has 7 nitrogen and oxygen atoms in total. The standard InChI is InChI=1S/C15H10F3N5O2/c16-15(17,18)25-12-3-1-2-10(6-12)13(24)22-11-7-20-14(21-8-11)23-5-4-19-9-23/h1-9H,(H,22,24). The molecule has 1 aromatic carbocycles. The molecule has 0 aliphatic heterocycles. The summed E-state index contributed by atoms with van der Waals surface area (Å²) < 4.78 is 42.0. The highest BCUT2D eigenvalue weighted by atomic mass is 19.4. The van der Waals surface area contributed by atoms with Gasteiger partial charge >= 0.3 is 6.36 Å². The van der Waals surface area contributed by atoms with Gasteiger partial charge in [-0.1, -0.05) is 6.07 Å². The average molecular weight is 349 g/mol. The summed E-state index contributed by atoms with van der Waals surface area (Å²) in [7, 11) is 0. The Labute approximate surface area is 139 Å². The number of aromatic nitrogens is 4. The number of amides is 1. The van der Waals surface area contributed by atoms with E-state index in [1.807, 2.05) is 0 Å². The summed E-state index contributed by atoms with van der Waals surface area (Å²) in [5, 5.41) is 2.50. The molecule has 3 aromatic rings. The van der Waals surface area contributed by atoms with E-state index in [0.29, 0.717) is 5.95 Å². The maximum Gasteiger partial charge on any atom is 0.573 e. The van der Waals surface area contributed by atoms with Crippen LogP contribution in [0.5, 0.6) is 5.75 Å². The third-order valence-electron chi connectivity index (χ3n) is 2.96. The predicted octanol–water partition coefficient (Wildman–Crippen LogP) is 2.81. The van der Waals surface area contributed by atoms with Crippen molar-refractivity contribution in [1.82, 2.24) is 19.5 Å². The van der Waals surface area contributed by atoms with Crippen molar-refractivity contribution in [2.45, 2.75) is 6.36 Å². The number of hydrogen-bond donors (Lipinski definition) is 1. The van der Waals surface area contributed by atoms with Gasteiger partial charge in [0.1, 0.15) is 12.1 Å². The van der Waals surface area contributed by atoms with Gasteiger partial charge < -0.3 is 10.1 Å². The Kier molecular flexibility index (Phi) is 4.33. The number of nitrogens with zero attached hydrogens (tertiary/aromatic N) is 4. The van der Waals surface area contributed by atoms with Crippen molar-refractivity contribution in [2.24, 2.45) is 0 Å². The largest absolute Gasteiger partial charge is 0.573 e. The molecule has 0 saturated carbocycles. The number of ether oxygens (including phenoxy) is 1. The number of rotatable bonds is 4. The molecule has 0 saturated heterocycles. The van der Waals surface area contributed by atoms with Crippen LogP contribution in [0.2, 0.25) is 0 Å². The van der Waals surface area contributed by atoms with Crippen LogP contribution in [0, 0.1) is 0 Å². The molecule has 2 heterocycles. The Morgan fingerprint density at radius 1 is 1.20 bits per heavy atom. The fourth-order valence-corrected chi connectivity index (χ4v) is 1.93. The monoisotopic (exact) mass is 349 g/mol. The second-order valence-electron chi connectivity index (χ2n) is 4.77. The highest BCUT2D eigenvalue weighted by molar-refractivity contribution is 6.04. The first-order chi connectivity index (χ1) is 11.9. The number of nitrogens with one attached hydrogen (secondary N) is 1. The van der Waals surface area contributed by atoms with Crippen LogP contribution in [0.15, 0.2) is 55.4 Å². The third kappa shape index (κ3) is 4.31. The summed E-state index contributed by atoms with van der Waals surface area (Å²) in [6.07, 6.45) is 2.65. The van der Waals surface area contributed by atoms with E-state index in [2.05, 4.69) is 25.0 Å². The van der Waals surface area contributed by atoms with Crippen molar-refractivity contribution >= 4 is 11.6 Å². The number of anilines is 1. The molecular weight excluding hydrogens is 339 g/mol. The van der Waals surface area contributed by atoms with Crippen molar-refractivity contribution in [1.29, 1.82) is 0 Å². The Bertz CT molecular complexity index is 864. The lowest BCUT2D eigenvalue weighted by atomic mass is 10.2. The van der Waals surface area contributed by atoms with Crippen LogP contribution < -0.4 is 10.1 Å². The number of alkyl halides is 3. The summed E-state index contributed by atoms with van der Waals surface area (Å²) in [5.41, 5.74) is 0.288. The first-order valence-electron chi connectivity index (χ1n) is 6.88. The Morgan fingerprint density at radius 2 is 1.96 bits per heavy atom. The van der Waals surface area contributed by atoms with Gasteiger partial charge in [0.2, 0.25) is 5.95 Å². The zero-order valence-corrected chi connectivity index (χ0v) is 12.4. The van der Waals surface area contributed by atoms with Crippen molar-refractivity contribution < 1.29 is 22.7 Å². The van der Waals surface area contributed by atoms with E-state index < -0.39 is 18.0 Å². The molecule has 2 aromatic heterocycles. The van der Waals surface area contributed by atoms with E-state index in [1.54, 1.807) is 17.0 Å². The first kappa shape index (κ1) is 16.4. The van der Waals surface area contributed by atoms with Crippen molar-refractivity contribution in [3.8, 4) is 11.7 Å². The Hall–Kier alpha value is -3.43. The Morgan fingerprint density at radius 3 is 2.60 bits per heavy atom. The second-order valence-corrected chi connectivity index (χ2v) is 4.77. The van der Waals surface area contributed by atoms with Gasteiger partial charge in [-0.2, -0.15) is 0 Å². The van der Waals surface area contributed by atoms with Crippen molar-refractivity contribution in [2.75, 3.05) is 5.32 Å². The smallest absolute Gasteiger partial charge is 0.406 e. The zero-order chi connectivity index (χ0) is 17.9. The molecule has 128 valence electrons. The molecule has 25 heavy (non-hydrogen) atoms. The molecule has 1 N–H and O–H groups in total. The molecule has 0 atom stereocenters. The number of hydrogen-bond acceptors (Lipinski definition) is 5. The first-order valence-corrected chi connectivity index (χ1v) is 6.88. The van der Waals surface area contributed by atoms with Gasteiger partial charge in [-0.15, -0.1) is 13.2 Å². The average Bonchev–Trinajstić information content (AvgIpc) is 3.08. The van der Waals surface area contributed by atoms with Crippen LogP contribution >= 0.6 is 0 Å². The zero-order valence-electron chi connectivity index (χ0n) is 12.4. The third-order valence-corrected chi connectivity index (χ3v) is 2.96. The van der Waals surface area contributed by atoms with E-state index in [9.17, 15) is 18.0 Å². The summed E-state index contributed by atoms with van der Waals surface area (Å²) in [6, 6.07) is 4.74. The van der Waals surface area contributed by atoms with Gasteiger partial charge in [-0.05, 0) is 18.2 Å². The highest BCUT2D eigenvalue weighted by Gasteiger charge is 2.31. The molecule has 1 amide bonds. The van der Waals surface area contributed by atoms with E-state index in [-0.39, 0.29) is 11.3 Å². The van der Waals surface area contributed by atoms with Gasteiger partial charge in [-0.3, -0.25) is 9.36 Å². The summed E-state index contributed by atoms with van der Waals surface area (Å²) in [5.74, 6) is -0.741. The minimum Gasteiger partial charge on any atom is -0.406 e. The van der Waals surface area contributed by atoms with Crippen LogP contribution in [0.1, 0.15) is 10.4 Å². The number of imidazole rings is 1. The van der Waals surface area contributed by atoms with Crippen molar-refractivity contribution in [3.05, 3.63) is 60.9 Å². The van der Waals surface area contributed by atoms with Crippen LogP contribution in [-0.4, -0.2) is 31.8 Å². The van der Waals surface area contributed by atoms with Gasteiger partial charge in [0.05, 0.1) is 18.1 Å². The van der Waals surface area contributed by atoms with E-state index in [1.165, 1.54) is 30.9 Å². The lowest BCUT2D eigenvalue weighted by molar-refractivity contribution is -0.274. The molecule has 10 heteroatoms. The molecule has 0 spiro atoms. The normalized spacial score (nSPS) is 11.2. The minimum atomic E-state index is -4.83. The fraction of sp³-hybridized carbons (Fsp3) is 0.0667. The molecule has 3 rings (SSSR count). The number of carbonyl (C=O) groups is 1. The van der Waals surface area contributed by atoms with Gasteiger partial charge in [0.25, 0.3) is 5.91 Å². The van der Waals surface area contributed by atoms with E-state index >= 15 is 0 Å². The summed E-state index contributed by atoms with van der Waals surface area (Å²) in [4.78, 5) is 24.1. The second kappa shape index (κ2) is 6.59. The maximum atomic E-state index is 12.2. The van der Waals surface area contributed by atoms with E-state index in [4.69, 9.17) is 0 Å². The highest BCUT2D eigenvalue weighted by Crippen LogP contribution is 2.23. The van der Waals surface area contributed by atoms with Crippen LogP contribution in [-0.2, 0) is 0 Å². The molecule has 0 radical (unpaired) electrons. The van der Waals surface area contributed by atoms with Gasteiger partial charge in [-0.25, -0.2) is 15.0 Å². The van der Waals surface area contributed by atoms with E-state index in [0.717, 1.165) is 12.1 Å². The predicted molar refractivity (Wildman–Crippen MR) is 80.2 cm³/mol. The lowest BCUT2D eigenvalue weighted by Crippen LogP contribution is -2.18. The molecule has 0 aliphatic rings. The molecule has 0 bridgehead atoms. The summed E-state index contributed by atoms with van der Waals surface area (Å²) >= 11 is 0. The van der Waals surface area contributed by atoms with Crippen LogP contribution in [0.4, 0.5) is 18.9 Å². The maximum absolute atomic E-state index is 12.2. The van der Waals surface area contributed by atoms with Gasteiger partial charge in [0.15, 0.2) is 0 Å². The quantitative estimate of drug-likeness (QED) is 0.783. The molecule has 0 fully saturated rings. The van der Waals surface area contributed by atoms with Gasteiger partial charge in [0, 0.05) is 18.0 Å². The summed E-state index contributed by atoms with van der Waals surface area (Å²) in [6.45, 7) is 0. The molecular formula is C15H10F3N5O2. The fourth-order valence-electron chi connectivity index (χ4n) is 1.93. The van der Waals surface area contributed by atoms with Crippen molar-refractivity contribution in [3.63, 3.8) is 0 Å².